The van der Waals surface area contributed by atoms with Gasteiger partial charge < -0.3 is 11.1 Å². The first-order valence-corrected chi connectivity index (χ1v) is 9.45. The maximum atomic E-state index is 12.6. The molecule has 1 aliphatic rings. The Bertz CT molecular complexity index is 923. The summed E-state index contributed by atoms with van der Waals surface area (Å²) in [6, 6.07) is 6.17. The van der Waals surface area contributed by atoms with Gasteiger partial charge in [-0.3, -0.25) is 4.79 Å². The standard InChI is InChI=1S/C18H21N5OS/c1-11-14(12-7-8-16-21-18(19)22-23(16)10-12)9-15(25-11)17(24)20-13-5-3-2-4-6-13/h7-10,13H,2-6H2,1H3,(H2,19,22)(H,20,24). The Morgan fingerprint density at radius 1 is 1.32 bits per heavy atom. The lowest BCUT2D eigenvalue weighted by molar-refractivity contribution is 0.0932. The van der Waals surface area contributed by atoms with E-state index >= 15 is 0 Å². The highest BCUT2D eigenvalue weighted by Gasteiger charge is 2.19. The fourth-order valence-electron chi connectivity index (χ4n) is 3.44. The fraction of sp³-hybridized carbons (Fsp3) is 0.389. The summed E-state index contributed by atoms with van der Waals surface area (Å²) in [7, 11) is 0. The van der Waals surface area contributed by atoms with Crippen LogP contribution in [0.15, 0.2) is 24.4 Å². The average Bonchev–Trinajstić information content (AvgIpc) is 3.16. The van der Waals surface area contributed by atoms with Crippen LogP contribution < -0.4 is 11.1 Å². The summed E-state index contributed by atoms with van der Waals surface area (Å²) in [6.07, 6.45) is 7.78. The number of fused-ring (bicyclic) bond motifs is 1. The van der Waals surface area contributed by atoms with Gasteiger partial charge in [0, 0.05) is 22.7 Å². The third-order valence-electron chi connectivity index (χ3n) is 4.74. The van der Waals surface area contributed by atoms with Crippen molar-refractivity contribution in [3.63, 3.8) is 0 Å². The molecule has 1 fully saturated rings. The average molecular weight is 355 g/mol. The number of hydrogen-bond acceptors (Lipinski definition) is 5. The van der Waals surface area contributed by atoms with E-state index in [0.717, 1.165) is 33.7 Å². The van der Waals surface area contributed by atoms with Crippen molar-refractivity contribution >= 4 is 28.8 Å². The van der Waals surface area contributed by atoms with Crippen LogP contribution >= 0.6 is 11.3 Å². The number of rotatable bonds is 3. The third-order valence-corrected chi connectivity index (χ3v) is 5.79. The molecule has 3 heterocycles. The van der Waals surface area contributed by atoms with Crippen LogP contribution in [0, 0.1) is 6.92 Å². The van der Waals surface area contributed by atoms with Crippen LogP contribution in [-0.2, 0) is 0 Å². The van der Waals surface area contributed by atoms with Gasteiger partial charge in [-0.1, -0.05) is 19.3 Å². The molecule has 3 aromatic heterocycles. The zero-order chi connectivity index (χ0) is 17.4. The summed E-state index contributed by atoms with van der Waals surface area (Å²) in [5, 5.41) is 7.34. The van der Waals surface area contributed by atoms with Crippen LogP contribution in [0.5, 0.6) is 0 Å². The molecule has 0 aliphatic heterocycles. The highest BCUT2D eigenvalue weighted by molar-refractivity contribution is 7.14. The Morgan fingerprint density at radius 2 is 2.12 bits per heavy atom. The summed E-state index contributed by atoms with van der Waals surface area (Å²) in [6.45, 7) is 2.04. The van der Waals surface area contributed by atoms with Crippen molar-refractivity contribution in [3.05, 3.63) is 34.2 Å². The molecule has 1 amide bonds. The topological polar surface area (TPSA) is 85.3 Å². The van der Waals surface area contributed by atoms with Crippen molar-refractivity contribution in [2.45, 2.75) is 45.1 Å². The molecule has 0 bridgehead atoms. The second-order valence-electron chi connectivity index (χ2n) is 6.58. The second-order valence-corrected chi connectivity index (χ2v) is 7.84. The Kier molecular flexibility index (Phi) is 4.17. The Balaban J connectivity index is 1.59. The maximum absolute atomic E-state index is 12.6. The number of nitrogens with zero attached hydrogens (tertiary/aromatic N) is 3. The molecule has 0 saturated heterocycles. The second kappa shape index (κ2) is 6.48. The van der Waals surface area contributed by atoms with E-state index in [1.54, 1.807) is 4.52 Å². The number of aromatic nitrogens is 3. The molecule has 0 atom stereocenters. The van der Waals surface area contributed by atoms with Crippen molar-refractivity contribution in [2.75, 3.05) is 5.73 Å². The minimum absolute atomic E-state index is 0.0392. The number of nitrogens with two attached hydrogens (primary N) is 1. The van der Waals surface area contributed by atoms with Gasteiger partial charge in [-0.25, -0.2) is 4.52 Å². The van der Waals surface area contributed by atoms with Gasteiger partial charge in [0.05, 0.1) is 4.88 Å². The molecule has 3 N–H and O–H groups in total. The number of carbonyl (C=O) groups excluding carboxylic acids is 1. The summed E-state index contributed by atoms with van der Waals surface area (Å²) in [4.78, 5) is 18.6. The van der Waals surface area contributed by atoms with Crippen molar-refractivity contribution in [3.8, 4) is 11.1 Å². The van der Waals surface area contributed by atoms with E-state index in [1.165, 1.54) is 30.6 Å². The van der Waals surface area contributed by atoms with Crippen LogP contribution in [0.4, 0.5) is 5.95 Å². The van der Waals surface area contributed by atoms with Crippen LogP contribution in [0.2, 0.25) is 0 Å². The largest absolute Gasteiger partial charge is 0.366 e. The first-order chi connectivity index (χ1) is 12.1. The molecule has 7 heteroatoms. The van der Waals surface area contributed by atoms with Crippen LogP contribution in [0.3, 0.4) is 0 Å². The smallest absolute Gasteiger partial charge is 0.261 e. The van der Waals surface area contributed by atoms with Gasteiger partial charge in [-0.05, 0) is 43.5 Å². The number of anilines is 1. The van der Waals surface area contributed by atoms with E-state index in [2.05, 4.69) is 15.4 Å². The number of hydrogen-bond donors (Lipinski definition) is 2. The Hall–Kier alpha value is -2.41. The van der Waals surface area contributed by atoms with Crippen LogP contribution in [0.1, 0.15) is 46.7 Å². The van der Waals surface area contributed by atoms with Gasteiger partial charge in [0.1, 0.15) is 0 Å². The molecule has 4 rings (SSSR count). The zero-order valence-corrected chi connectivity index (χ0v) is 15.0. The molecule has 6 nitrogen and oxygen atoms in total. The molecule has 0 radical (unpaired) electrons. The molecule has 25 heavy (non-hydrogen) atoms. The van der Waals surface area contributed by atoms with Gasteiger partial charge in [0.25, 0.3) is 5.91 Å². The summed E-state index contributed by atoms with van der Waals surface area (Å²) < 4.78 is 1.67. The first kappa shape index (κ1) is 16.1. The molecule has 130 valence electrons. The molecule has 0 aromatic carbocycles. The number of amides is 1. The summed E-state index contributed by atoms with van der Waals surface area (Å²) >= 11 is 1.53. The number of nitrogen functional groups attached to an aromatic ring is 1. The summed E-state index contributed by atoms with van der Waals surface area (Å²) in [5.74, 6) is 0.295. The molecule has 0 spiro atoms. The highest BCUT2D eigenvalue weighted by atomic mass is 32.1. The maximum Gasteiger partial charge on any atom is 0.261 e. The molecule has 3 aromatic rings. The van der Waals surface area contributed by atoms with E-state index in [-0.39, 0.29) is 11.9 Å². The van der Waals surface area contributed by atoms with Gasteiger partial charge >= 0.3 is 0 Å². The van der Waals surface area contributed by atoms with Crippen molar-refractivity contribution in [1.29, 1.82) is 0 Å². The SMILES string of the molecule is Cc1sc(C(=O)NC2CCCCC2)cc1-c1ccc2nc(N)nn2c1. The minimum Gasteiger partial charge on any atom is -0.366 e. The predicted octanol–water partition coefficient (Wildman–Crippen LogP) is 3.41. The van der Waals surface area contributed by atoms with Crippen molar-refractivity contribution < 1.29 is 4.79 Å². The predicted molar refractivity (Wildman–Crippen MR) is 99.8 cm³/mol. The lowest BCUT2D eigenvalue weighted by atomic mass is 9.95. The molecule has 1 aliphatic carbocycles. The number of aryl methyl sites for hydroxylation is 1. The third kappa shape index (κ3) is 3.24. The lowest BCUT2D eigenvalue weighted by Crippen LogP contribution is -2.35. The minimum atomic E-state index is 0.0392. The van der Waals surface area contributed by atoms with Crippen LogP contribution in [0.25, 0.3) is 16.8 Å². The zero-order valence-electron chi connectivity index (χ0n) is 14.2. The monoisotopic (exact) mass is 355 g/mol. The van der Waals surface area contributed by atoms with E-state index < -0.39 is 0 Å². The Labute approximate surface area is 150 Å². The number of pyridine rings is 1. The van der Waals surface area contributed by atoms with Crippen molar-refractivity contribution in [2.24, 2.45) is 0 Å². The number of carbonyl (C=O) groups is 1. The molecule has 1 saturated carbocycles. The fourth-order valence-corrected chi connectivity index (χ4v) is 4.39. The van der Waals surface area contributed by atoms with E-state index in [1.807, 2.05) is 31.3 Å². The quantitative estimate of drug-likeness (QED) is 0.754. The molecular formula is C18H21N5OS. The van der Waals surface area contributed by atoms with Gasteiger partial charge in [-0.2, -0.15) is 4.98 Å². The van der Waals surface area contributed by atoms with Crippen LogP contribution in [-0.4, -0.2) is 26.5 Å². The Morgan fingerprint density at radius 3 is 2.92 bits per heavy atom. The number of thiophene rings is 1. The van der Waals surface area contributed by atoms with Gasteiger partial charge in [-0.15, -0.1) is 16.4 Å². The lowest BCUT2D eigenvalue weighted by Gasteiger charge is -2.22. The van der Waals surface area contributed by atoms with Crippen molar-refractivity contribution in [1.82, 2.24) is 19.9 Å². The van der Waals surface area contributed by atoms with Gasteiger partial charge in [0.15, 0.2) is 5.65 Å². The highest BCUT2D eigenvalue weighted by Crippen LogP contribution is 2.31. The van der Waals surface area contributed by atoms with E-state index in [4.69, 9.17) is 5.73 Å². The molecular weight excluding hydrogens is 334 g/mol. The number of nitrogens with one attached hydrogen (secondary N) is 1. The van der Waals surface area contributed by atoms with Gasteiger partial charge in [0.2, 0.25) is 5.95 Å². The van der Waals surface area contributed by atoms with E-state index in [9.17, 15) is 4.79 Å². The normalized spacial score (nSPS) is 15.6. The van der Waals surface area contributed by atoms with E-state index in [0.29, 0.717) is 11.7 Å². The molecule has 0 unspecified atom stereocenters. The first-order valence-electron chi connectivity index (χ1n) is 8.64. The summed E-state index contributed by atoms with van der Waals surface area (Å²) in [5.41, 5.74) is 8.41.